The number of ether oxygens (including phenoxy) is 1. The maximum Gasteiger partial charge on any atom is 0.329 e. The zero-order valence-electron chi connectivity index (χ0n) is 16.2. The number of hydrogen-bond acceptors (Lipinski definition) is 6. The van der Waals surface area contributed by atoms with E-state index in [0.29, 0.717) is 56.4 Å². The molecule has 4 N–H and O–H groups in total. The molecular weight excluding hydrogens is 376 g/mol. The van der Waals surface area contributed by atoms with E-state index in [0.717, 1.165) is 0 Å². The Bertz CT molecular complexity index is 751. The van der Waals surface area contributed by atoms with Gasteiger partial charge in [-0.1, -0.05) is 0 Å². The van der Waals surface area contributed by atoms with E-state index in [4.69, 9.17) is 20.8 Å². The van der Waals surface area contributed by atoms with Gasteiger partial charge in [-0.2, -0.15) is 5.26 Å². The number of benzene rings is 1. The highest BCUT2D eigenvalue weighted by atomic mass is 16.5. The van der Waals surface area contributed by atoms with Gasteiger partial charge in [0.05, 0.1) is 17.7 Å². The van der Waals surface area contributed by atoms with Crippen LogP contribution in [0, 0.1) is 11.3 Å². The van der Waals surface area contributed by atoms with Gasteiger partial charge in [0.2, 0.25) is 5.91 Å². The van der Waals surface area contributed by atoms with Crippen molar-refractivity contribution in [3.8, 4) is 6.07 Å². The molecule has 9 heteroatoms. The molecule has 0 aliphatic carbocycles. The lowest BCUT2D eigenvalue weighted by atomic mass is 10.0. The molecule has 1 aliphatic rings. The molecule has 2 amide bonds. The molecule has 1 unspecified atom stereocenters. The van der Waals surface area contributed by atoms with E-state index in [9.17, 15) is 14.4 Å². The second-order valence-electron chi connectivity index (χ2n) is 6.88. The predicted octanol–water partition coefficient (Wildman–Crippen LogP) is 0.488. The fourth-order valence-corrected chi connectivity index (χ4v) is 3.17. The largest absolute Gasteiger partial charge is 0.480 e. The maximum atomic E-state index is 12.9. The summed E-state index contributed by atoms with van der Waals surface area (Å²) in [4.78, 5) is 37.7. The predicted molar refractivity (Wildman–Crippen MR) is 104 cm³/mol. The van der Waals surface area contributed by atoms with Crippen LogP contribution in [0.4, 0.5) is 0 Å². The van der Waals surface area contributed by atoms with Gasteiger partial charge in [-0.25, -0.2) is 4.79 Å². The average molecular weight is 402 g/mol. The number of nitrogens with two attached hydrogens (primary N) is 1. The molecule has 156 valence electrons. The number of carbonyl (C=O) groups is 3. The number of nitrogens with one attached hydrogen (secondary N) is 1. The van der Waals surface area contributed by atoms with E-state index in [2.05, 4.69) is 5.32 Å². The Labute approximate surface area is 169 Å². The minimum absolute atomic E-state index is 0.183. The van der Waals surface area contributed by atoms with Gasteiger partial charge in [-0.05, 0) is 56.5 Å². The Morgan fingerprint density at radius 3 is 2.48 bits per heavy atom. The number of rotatable bonds is 9. The fraction of sp³-hybridized carbons (Fsp3) is 0.500. The molecule has 9 nitrogen and oxygen atoms in total. The van der Waals surface area contributed by atoms with Gasteiger partial charge >= 0.3 is 5.97 Å². The first kappa shape index (κ1) is 22.3. The molecule has 1 atom stereocenters. The second-order valence-corrected chi connectivity index (χ2v) is 6.88. The molecule has 1 heterocycles. The van der Waals surface area contributed by atoms with Crippen molar-refractivity contribution in [2.75, 3.05) is 26.2 Å². The van der Waals surface area contributed by atoms with E-state index in [1.54, 1.807) is 29.2 Å². The number of piperidine rings is 1. The highest BCUT2D eigenvalue weighted by Crippen LogP contribution is 2.16. The lowest BCUT2D eigenvalue weighted by Gasteiger charge is -2.34. The molecule has 2 rings (SSSR count). The Kier molecular flexibility index (Phi) is 8.58. The normalized spacial score (nSPS) is 15.4. The number of carboxylic acids is 1. The Morgan fingerprint density at radius 2 is 1.93 bits per heavy atom. The molecule has 1 aliphatic heterocycles. The van der Waals surface area contributed by atoms with Crippen LogP contribution in [-0.2, 0) is 14.3 Å². The van der Waals surface area contributed by atoms with Crippen LogP contribution >= 0.6 is 0 Å². The fourth-order valence-electron chi connectivity index (χ4n) is 3.17. The molecular formula is C20H26N4O5. The third kappa shape index (κ3) is 6.85. The Morgan fingerprint density at radius 1 is 1.28 bits per heavy atom. The number of nitrogens with zero attached hydrogens (tertiary/aromatic N) is 2. The summed E-state index contributed by atoms with van der Waals surface area (Å²) in [5.41, 5.74) is 6.39. The van der Waals surface area contributed by atoms with Crippen LogP contribution in [-0.4, -0.2) is 66.2 Å². The number of aliphatic carboxylic acids is 1. The van der Waals surface area contributed by atoms with Crippen molar-refractivity contribution in [2.45, 2.75) is 37.8 Å². The molecule has 0 spiro atoms. The smallest absolute Gasteiger partial charge is 0.329 e. The van der Waals surface area contributed by atoms with Crippen molar-refractivity contribution in [2.24, 2.45) is 5.73 Å². The molecule has 0 saturated carbocycles. The molecule has 1 saturated heterocycles. The molecule has 1 aromatic rings. The van der Waals surface area contributed by atoms with Crippen molar-refractivity contribution in [1.82, 2.24) is 10.2 Å². The van der Waals surface area contributed by atoms with Crippen molar-refractivity contribution >= 4 is 17.8 Å². The van der Waals surface area contributed by atoms with Crippen LogP contribution in [0.2, 0.25) is 0 Å². The van der Waals surface area contributed by atoms with Gasteiger partial charge < -0.3 is 25.8 Å². The monoisotopic (exact) mass is 402 g/mol. The first-order valence-corrected chi connectivity index (χ1v) is 9.58. The molecule has 29 heavy (non-hydrogen) atoms. The van der Waals surface area contributed by atoms with Crippen molar-refractivity contribution in [1.29, 1.82) is 5.26 Å². The number of carbonyl (C=O) groups excluding carboxylic acids is 2. The topological polar surface area (TPSA) is 146 Å². The van der Waals surface area contributed by atoms with Crippen LogP contribution in [0.5, 0.6) is 0 Å². The van der Waals surface area contributed by atoms with Crippen molar-refractivity contribution < 1.29 is 24.2 Å². The van der Waals surface area contributed by atoms with Crippen molar-refractivity contribution in [3.63, 3.8) is 0 Å². The highest BCUT2D eigenvalue weighted by Gasteiger charge is 2.29. The minimum Gasteiger partial charge on any atom is -0.480 e. The van der Waals surface area contributed by atoms with Crippen molar-refractivity contribution in [3.05, 3.63) is 35.4 Å². The van der Waals surface area contributed by atoms with Crippen LogP contribution in [0.15, 0.2) is 24.3 Å². The number of hydrogen-bond donors (Lipinski definition) is 3. The molecule has 0 bridgehead atoms. The number of likely N-dealkylation sites (tertiary alicyclic amines) is 1. The highest BCUT2D eigenvalue weighted by molar-refractivity contribution is 5.97. The lowest BCUT2D eigenvalue weighted by molar-refractivity contribution is -0.147. The first-order chi connectivity index (χ1) is 13.9. The molecule has 0 radical (unpaired) electrons. The van der Waals surface area contributed by atoms with E-state index in [-0.39, 0.29) is 24.5 Å². The summed E-state index contributed by atoms with van der Waals surface area (Å²) in [5.74, 6) is -1.59. The summed E-state index contributed by atoms with van der Waals surface area (Å²) in [6.45, 7) is 0.934. The van der Waals surface area contributed by atoms with E-state index in [1.807, 2.05) is 6.07 Å². The van der Waals surface area contributed by atoms with E-state index < -0.39 is 12.0 Å². The van der Waals surface area contributed by atoms with Gasteiger partial charge in [0.15, 0.2) is 0 Å². The number of amides is 2. The molecule has 0 aromatic heterocycles. The summed E-state index contributed by atoms with van der Waals surface area (Å²) >= 11 is 0. The Balaban J connectivity index is 1.96. The van der Waals surface area contributed by atoms with Gasteiger partial charge in [-0.15, -0.1) is 0 Å². The van der Waals surface area contributed by atoms with Crippen LogP contribution in [0.1, 0.15) is 41.6 Å². The number of nitriles is 1. The third-order valence-corrected chi connectivity index (χ3v) is 4.77. The van der Waals surface area contributed by atoms with Crippen LogP contribution in [0.25, 0.3) is 0 Å². The van der Waals surface area contributed by atoms with Crippen LogP contribution < -0.4 is 11.1 Å². The van der Waals surface area contributed by atoms with E-state index >= 15 is 0 Å². The zero-order valence-corrected chi connectivity index (χ0v) is 16.2. The summed E-state index contributed by atoms with van der Waals surface area (Å²) in [6, 6.07) is 7.49. The second kappa shape index (κ2) is 11.1. The minimum atomic E-state index is -1.02. The standard InChI is InChI=1S/C20H26N4O5/c21-9-1-2-17(23-19(27)15-5-3-14(12-22)4-6-15)20(28)24-10-7-16(8-11-24)29-13-18(25)26/h3-6,16-17H,1-2,7-11,13,21H2,(H,23,27)(H,25,26). The lowest BCUT2D eigenvalue weighted by Crippen LogP contribution is -2.51. The molecule has 1 fully saturated rings. The Hall–Kier alpha value is -2.96. The molecule has 1 aromatic carbocycles. The number of carboxylic acid groups (broad SMARTS) is 1. The van der Waals surface area contributed by atoms with Gasteiger partial charge in [0.1, 0.15) is 12.6 Å². The van der Waals surface area contributed by atoms with Gasteiger partial charge in [0.25, 0.3) is 5.91 Å². The van der Waals surface area contributed by atoms with Crippen LogP contribution in [0.3, 0.4) is 0 Å². The maximum absolute atomic E-state index is 12.9. The summed E-state index contributed by atoms with van der Waals surface area (Å²) in [7, 11) is 0. The SMILES string of the molecule is N#Cc1ccc(C(=O)NC(CCCN)C(=O)N2CCC(OCC(=O)O)CC2)cc1. The first-order valence-electron chi connectivity index (χ1n) is 9.58. The quantitative estimate of drug-likeness (QED) is 0.545. The average Bonchev–Trinajstić information content (AvgIpc) is 2.75. The van der Waals surface area contributed by atoms with Gasteiger partial charge in [-0.3, -0.25) is 9.59 Å². The third-order valence-electron chi connectivity index (χ3n) is 4.77. The summed E-state index contributed by atoms with van der Waals surface area (Å²) in [5, 5.41) is 20.3. The summed E-state index contributed by atoms with van der Waals surface area (Å²) < 4.78 is 5.29. The zero-order chi connectivity index (χ0) is 21.2. The summed E-state index contributed by atoms with van der Waals surface area (Å²) in [6.07, 6.45) is 1.92. The van der Waals surface area contributed by atoms with Gasteiger partial charge in [0, 0.05) is 18.7 Å². The van der Waals surface area contributed by atoms with E-state index in [1.165, 1.54) is 0 Å².